The molecule has 0 saturated heterocycles. The lowest BCUT2D eigenvalue weighted by molar-refractivity contribution is -0.144. The first-order chi connectivity index (χ1) is 41.1. The summed E-state index contributed by atoms with van der Waals surface area (Å²) < 4.78 is 341. The summed E-state index contributed by atoms with van der Waals surface area (Å²) in [4.78, 5) is 0. The minimum atomic E-state index is -6.13. The van der Waals surface area contributed by atoms with E-state index in [1.807, 2.05) is 48.5 Å². The molecule has 8 rings (SSSR count). The third-order valence-electron chi connectivity index (χ3n) is 14.1. The molecule has 2 nitrogen and oxygen atoms in total. The van der Waals surface area contributed by atoms with Crippen LogP contribution in [-0.4, -0.2) is 12.3 Å². The third-order valence-corrected chi connectivity index (χ3v) is 18.4. The number of rotatable bonds is 10. The molecule has 0 spiro atoms. The number of nitriles is 2. The highest BCUT2D eigenvalue weighted by Crippen LogP contribution is 2.58. The number of hydrogen-bond acceptors (Lipinski definition) is 2. The molecular formula is C61H34BF24N2P. The Hall–Kier alpha value is -8.71. The Morgan fingerprint density at radius 1 is 0.292 bits per heavy atom. The fraction of sp³-hybridized carbons (Fsp3) is 0.148. The molecule has 0 aliphatic rings. The minimum absolute atomic E-state index is 0.170. The van der Waals surface area contributed by atoms with E-state index in [0.717, 1.165) is 11.1 Å². The standard InChI is InChI=1S/C32H12BF24.C29H22N2P/c34-25(35,36)13-1-14(26(37,38)39)6-21(5-13)33(22-7-15(27(40,41)42)2-16(8-22)28(43,44)45,23-9-17(29(46,47)48)3-18(10-23)30(49,50)51)24-11-19(31(52,53)54)4-20(12-24)32(55,56)57;30-21-25(22-31)29(24-13-5-1-6-14-24)23-32(26-15-7-2-8-16-26,27-17-9-3-10-18-27)28-19-11-4-12-20-28/h1-12H;1-20H,23H2/q-1;+1. The molecule has 0 aromatic heterocycles. The van der Waals surface area contributed by atoms with Crippen LogP contribution in [0.2, 0.25) is 0 Å². The van der Waals surface area contributed by atoms with Crippen LogP contribution in [0.4, 0.5) is 105 Å². The third kappa shape index (κ3) is 14.9. The first kappa shape index (κ1) is 67.8. The van der Waals surface area contributed by atoms with E-state index in [1.165, 1.54) is 15.9 Å². The van der Waals surface area contributed by atoms with Gasteiger partial charge in [0.05, 0.1) is 44.5 Å². The first-order valence-electron chi connectivity index (χ1n) is 25.0. The Kier molecular flexibility index (Phi) is 18.8. The van der Waals surface area contributed by atoms with Crippen molar-refractivity contribution in [3.63, 3.8) is 0 Å². The maximum atomic E-state index is 14.2. The van der Waals surface area contributed by atoms with E-state index in [1.54, 1.807) is 0 Å². The lowest BCUT2D eigenvalue weighted by Crippen LogP contribution is -2.75. The summed E-state index contributed by atoms with van der Waals surface area (Å²) in [5.41, 5.74) is -28.3. The van der Waals surface area contributed by atoms with Crippen LogP contribution in [0.5, 0.6) is 0 Å². The largest absolute Gasteiger partial charge is 0.416 e. The summed E-state index contributed by atoms with van der Waals surface area (Å²) in [6, 6.07) is 36.9. The van der Waals surface area contributed by atoms with E-state index in [2.05, 4.69) is 84.9 Å². The van der Waals surface area contributed by atoms with E-state index >= 15 is 0 Å². The van der Waals surface area contributed by atoms with Gasteiger partial charge in [0.1, 0.15) is 53.2 Å². The van der Waals surface area contributed by atoms with Gasteiger partial charge in [0, 0.05) is 5.57 Å². The van der Waals surface area contributed by atoms with Gasteiger partial charge in [0.15, 0.2) is 0 Å². The molecule has 28 heteroatoms. The van der Waals surface area contributed by atoms with Crippen molar-refractivity contribution in [3.05, 3.63) is 250 Å². The number of alkyl halides is 24. The van der Waals surface area contributed by atoms with Crippen molar-refractivity contribution in [1.82, 2.24) is 0 Å². The monoisotopic (exact) mass is 1290 g/mol. The molecule has 0 heterocycles. The fourth-order valence-electron chi connectivity index (χ4n) is 10.2. The molecule has 0 amide bonds. The van der Waals surface area contributed by atoms with Crippen molar-refractivity contribution in [2.24, 2.45) is 0 Å². The van der Waals surface area contributed by atoms with Crippen LogP contribution in [0.15, 0.2) is 200 Å². The summed E-state index contributed by atoms with van der Waals surface area (Å²) >= 11 is 0. The van der Waals surface area contributed by atoms with Crippen LogP contribution >= 0.6 is 7.26 Å². The van der Waals surface area contributed by atoms with Crippen molar-refractivity contribution in [3.8, 4) is 12.1 Å². The lowest BCUT2D eigenvalue weighted by Gasteiger charge is -2.46. The van der Waals surface area contributed by atoms with Crippen LogP contribution in [0, 0.1) is 22.7 Å². The van der Waals surface area contributed by atoms with Gasteiger partial charge in [-0.2, -0.15) is 138 Å². The lowest BCUT2D eigenvalue weighted by atomic mass is 9.12. The summed E-state index contributed by atoms with van der Waals surface area (Å²) in [5.74, 6) is 0. The second kappa shape index (κ2) is 24.7. The van der Waals surface area contributed by atoms with Gasteiger partial charge < -0.3 is 0 Å². The Balaban J connectivity index is 0.000000296. The molecule has 89 heavy (non-hydrogen) atoms. The molecule has 0 aliphatic heterocycles. The average Bonchev–Trinajstić information content (AvgIpc) is 0.720. The predicted octanol–water partition coefficient (Wildman–Crippen LogP) is 16.7. The Morgan fingerprint density at radius 2 is 0.483 bits per heavy atom. The highest BCUT2D eigenvalue weighted by atomic mass is 31.2. The Morgan fingerprint density at radius 3 is 0.663 bits per heavy atom. The zero-order chi connectivity index (χ0) is 66.1. The Bertz CT molecular complexity index is 3390. The van der Waals surface area contributed by atoms with E-state index < -0.39 is 202 Å². The maximum absolute atomic E-state index is 14.2. The van der Waals surface area contributed by atoms with Crippen LogP contribution < -0.4 is 37.8 Å². The van der Waals surface area contributed by atoms with Gasteiger partial charge >= 0.3 is 49.4 Å². The van der Waals surface area contributed by atoms with Gasteiger partial charge in [-0.15, -0.1) is 0 Å². The highest BCUT2D eigenvalue weighted by Gasteiger charge is 2.49. The fourth-order valence-corrected chi connectivity index (χ4v) is 14.5. The summed E-state index contributed by atoms with van der Waals surface area (Å²) in [6.45, 7) is 0. The molecule has 0 atom stereocenters. The number of benzene rings is 8. The predicted molar refractivity (Wildman–Crippen MR) is 285 cm³/mol. The zero-order valence-corrected chi connectivity index (χ0v) is 45.1. The Labute approximate surface area is 488 Å². The SMILES string of the molecule is FC(F)(F)c1cc([B-](c2cc(C(F)(F)F)cc(C(F)(F)F)c2)(c2cc(C(F)(F)F)cc(C(F)(F)F)c2)c2cc(C(F)(F)F)cc(C(F)(F)F)c2)cc(C(F)(F)F)c1.N#CC(C#N)=C(C[P+](c1ccccc1)(c1ccccc1)c1ccccc1)c1ccccc1. The number of halogens is 24. The summed E-state index contributed by atoms with van der Waals surface area (Å²) in [6.07, 6.45) is -54.2. The van der Waals surface area contributed by atoms with Crippen LogP contribution in [-0.2, 0) is 49.4 Å². The van der Waals surface area contributed by atoms with E-state index in [-0.39, 0.29) is 5.57 Å². The number of hydrogen-bond donors (Lipinski definition) is 0. The molecule has 0 N–H and O–H groups in total. The van der Waals surface area contributed by atoms with E-state index in [0.29, 0.717) is 6.16 Å². The molecule has 0 unspecified atom stereocenters. The van der Waals surface area contributed by atoms with Crippen LogP contribution in [0.1, 0.15) is 50.1 Å². The van der Waals surface area contributed by atoms with Crippen molar-refractivity contribution >= 4 is 56.7 Å². The average molecular weight is 1290 g/mol. The molecular weight excluding hydrogens is 1260 g/mol. The molecule has 0 saturated carbocycles. The van der Waals surface area contributed by atoms with Crippen molar-refractivity contribution in [1.29, 1.82) is 10.5 Å². The summed E-state index contributed by atoms with van der Waals surface area (Å²) in [7, 11) is -2.22. The molecule has 8 aromatic carbocycles. The molecule has 0 radical (unpaired) electrons. The van der Waals surface area contributed by atoms with Gasteiger partial charge in [-0.05, 0) is 66.2 Å². The van der Waals surface area contributed by atoms with Gasteiger partial charge in [-0.3, -0.25) is 0 Å². The van der Waals surface area contributed by atoms with Crippen molar-refractivity contribution < 1.29 is 105 Å². The van der Waals surface area contributed by atoms with Gasteiger partial charge in [-0.1, -0.05) is 133 Å². The minimum Gasteiger partial charge on any atom is -0.194 e. The van der Waals surface area contributed by atoms with Gasteiger partial charge in [0.25, 0.3) is 0 Å². The number of nitrogens with zero attached hydrogens (tertiary/aromatic N) is 2. The van der Waals surface area contributed by atoms with Crippen molar-refractivity contribution in [2.45, 2.75) is 49.4 Å². The van der Waals surface area contributed by atoms with Crippen LogP contribution in [0.3, 0.4) is 0 Å². The quantitative estimate of drug-likeness (QED) is 0.0593. The van der Waals surface area contributed by atoms with Crippen LogP contribution in [0.25, 0.3) is 5.57 Å². The van der Waals surface area contributed by atoms with E-state index in [4.69, 9.17) is 0 Å². The normalized spacial score (nSPS) is 13.0. The highest BCUT2D eigenvalue weighted by molar-refractivity contribution is 7.96. The second-order valence-corrected chi connectivity index (χ2v) is 23.1. The topological polar surface area (TPSA) is 47.6 Å². The molecule has 0 aliphatic carbocycles. The second-order valence-electron chi connectivity index (χ2n) is 19.6. The number of allylic oxidation sites excluding steroid dienone is 2. The first-order valence-corrected chi connectivity index (χ1v) is 27.0. The molecule has 0 bridgehead atoms. The van der Waals surface area contributed by atoms with Crippen molar-refractivity contribution in [2.75, 3.05) is 6.16 Å². The van der Waals surface area contributed by atoms with Gasteiger partial charge in [0.2, 0.25) is 0 Å². The zero-order valence-electron chi connectivity index (χ0n) is 44.2. The molecule has 0 fully saturated rings. The maximum Gasteiger partial charge on any atom is 0.416 e. The smallest absolute Gasteiger partial charge is 0.194 e. The summed E-state index contributed by atoms with van der Waals surface area (Å²) in [5, 5.41) is 23.4. The van der Waals surface area contributed by atoms with E-state index in [9.17, 15) is 116 Å². The molecule has 8 aromatic rings. The van der Waals surface area contributed by atoms with Gasteiger partial charge in [-0.25, -0.2) is 0 Å². The molecule has 464 valence electrons.